The van der Waals surface area contributed by atoms with Crippen molar-refractivity contribution in [1.29, 1.82) is 0 Å². The number of carbonyl (C=O) groups is 1. The van der Waals surface area contributed by atoms with Crippen LogP contribution in [0.1, 0.15) is 19.8 Å². The molecule has 2 N–H and O–H groups in total. The average molecular weight is 187 g/mol. The second-order valence-corrected chi connectivity index (χ2v) is 3.72. The molecule has 0 aromatic carbocycles. The minimum absolute atomic E-state index is 0.166. The lowest BCUT2D eigenvalue weighted by atomic mass is 10.00. The van der Waals surface area contributed by atoms with Crippen molar-refractivity contribution in [3.8, 4) is 0 Å². The third-order valence-corrected chi connectivity index (χ3v) is 2.79. The van der Waals surface area contributed by atoms with Crippen LogP contribution in [0.3, 0.4) is 0 Å². The number of carbonyl (C=O) groups excluding carboxylic acids is 1. The van der Waals surface area contributed by atoms with Crippen molar-refractivity contribution in [2.45, 2.75) is 25.8 Å². The Labute approximate surface area is 78.3 Å². The molecule has 1 rings (SSSR count). The van der Waals surface area contributed by atoms with Crippen molar-refractivity contribution in [3.63, 3.8) is 0 Å². The lowest BCUT2D eigenvalue weighted by Gasteiger charge is -2.10. The molecule has 0 bridgehead atoms. The highest BCUT2D eigenvalue weighted by Crippen LogP contribution is 2.31. The van der Waals surface area contributed by atoms with Gasteiger partial charge in [-0.15, -0.1) is 0 Å². The molecule has 76 valence electrons. The van der Waals surface area contributed by atoms with Crippen molar-refractivity contribution < 1.29 is 14.6 Å². The summed E-state index contributed by atoms with van der Waals surface area (Å²) in [5.74, 6) is 0.800. The fourth-order valence-corrected chi connectivity index (χ4v) is 1.93. The molecule has 0 saturated heterocycles. The molecule has 0 unspecified atom stereocenters. The van der Waals surface area contributed by atoms with Crippen molar-refractivity contribution in [3.05, 3.63) is 0 Å². The highest BCUT2D eigenvalue weighted by Gasteiger charge is 2.31. The Morgan fingerprint density at radius 1 is 1.62 bits per heavy atom. The lowest BCUT2D eigenvalue weighted by Crippen LogP contribution is -2.32. The molecular weight excluding hydrogens is 170 g/mol. The highest BCUT2D eigenvalue weighted by atomic mass is 16.5. The van der Waals surface area contributed by atoms with Gasteiger partial charge in [0.25, 0.3) is 0 Å². The van der Waals surface area contributed by atoms with Crippen LogP contribution in [0.4, 0.5) is 4.79 Å². The summed E-state index contributed by atoms with van der Waals surface area (Å²) in [6, 6.07) is 0.166. The number of aliphatic hydroxyl groups is 1. The van der Waals surface area contributed by atoms with Crippen LogP contribution >= 0.6 is 0 Å². The first-order valence-corrected chi connectivity index (χ1v) is 4.62. The van der Waals surface area contributed by atoms with E-state index in [1.165, 1.54) is 7.11 Å². The van der Waals surface area contributed by atoms with E-state index in [2.05, 4.69) is 17.0 Å². The van der Waals surface area contributed by atoms with E-state index in [1.54, 1.807) is 0 Å². The van der Waals surface area contributed by atoms with Gasteiger partial charge in [-0.1, -0.05) is 6.92 Å². The number of alkyl carbamates (subject to hydrolysis) is 1. The maximum absolute atomic E-state index is 10.9. The molecule has 0 heterocycles. The molecule has 0 spiro atoms. The van der Waals surface area contributed by atoms with E-state index in [9.17, 15) is 4.79 Å². The zero-order valence-electron chi connectivity index (χ0n) is 8.12. The molecule has 0 radical (unpaired) electrons. The van der Waals surface area contributed by atoms with Gasteiger partial charge in [0.2, 0.25) is 0 Å². The Balaban J connectivity index is 2.35. The minimum atomic E-state index is -0.379. The number of amides is 1. The Bertz CT molecular complexity index is 184. The largest absolute Gasteiger partial charge is 0.453 e. The minimum Gasteiger partial charge on any atom is -0.453 e. The SMILES string of the molecule is COC(=O)N[C@H]1C[C@H](CO)[C@@H](C)C1. The zero-order valence-corrected chi connectivity index (χ0v) is 8.12. The van der Waals surface area contributed by atoms with Gasteiger partial charge in [-0.25, -0.2) is 4.79 Å². The first-order chi connectivity index (χ1) is 6.17. The van der Waals surface area contributed by atoms with Crippen molar-refractivity contribution in [2.75, 3.05) is 13.7 Å². The van der Waals surface area contributed by atoms with Crippen molar-refractivity contribution in [1.82, 2.24) is 5.32 Å². The summed E-state index contributed by atoms with van der Waals surface area (Å²) in [6.45, 7) is 2.31. The Kier molecular flexibility index (Phi) is 3.54. The van der Waals surface area contributed by atoms with E-state index in [1.807, 2.05) is 0 Å². The van der Waals surface area contributed by atoms with Crippen LogP contribution in [0.2, 0.25) is 0 Å². The van der Waals surface area contributed by atoms with Crippen LogP contribution in [-0.4, -0.2) is 31.0 Å². The summed E-state index contributed by atoms with van der Waals surface area (Å²) in [4.78, 5) is 10.9. The van der Waals surface area contributed by atoms with Crippen LogP contribution in [0, 0.1) is 11.8 Å². The predicted octanol–water partition coefficient (Wildman–Crippen LogP) is 0.749. The lowest BCUT2D eigenvalue weighted by molar-refractivity contribution is 0.165. The van der Waals surface area contributed by atoms with Gasteiger partial charge >= 0.3 is 6.09 Å². The molecule has 1 saturated carbocycles. The normalized spacial score (nSPS) is 33.0. The second kappa shape index (κ2) is 4.46. The van der Waals surface area contributed by atoms with Gasteiger partial charge in [0.15, 0.2) is 0 Å². The van der Waals surface area contributed by atoms with Gasteiger partial charge in [-0.05, 0) is 24.7 Å². The van der Waals surface area contributed by atoms with E-state index in [0.29, 0.717) is 11.8 Å². The summed E-state index contributed by atoms with van der Waals surface area (Å²) >= 11 is 0. The zero-order chi connectivity index (χ0) is 9.84. The number of nitrogens with one attached hydrogen (secondary N) is 1. The molecule has 1 fully saturated rings. The maximum Gasteiger partial charge on any atom is 0.407 e. The van der Waals surface area contributed by atoms with Gasteiger partial charge < -0.3 is 15.2 Å². The van der Waals surface area contributed by atoms with Crippen LogP contribution in [0.25, 0.3) is 0 Å². The summed E-state index contributed by atoms with van der Waals surface area (Å²) in [5.41, 5.74) is 0. The van der Waals surface area contributed by atoms with Gasteiger partial charge in [-0.2, -0.15) is 0 Å². The molecule has 0 aliphatic heterocycles. The Morgan fingerprint density at radius 2 is 2.31 bits per heavy atom. The molecule has 0 aromatic heterocycles. The molecule has 1 aliphatic carbocycles. The molecule has 13 heavy (non-hydrogen) atoms. The molecule has 0 aromatic rings. The first-order valence-electron chi connectivity index (χ1n) is 4.62. The highest BCUT2D eigenvalue weighted by molar-refractivity contribution is 5.67. The predicted molar refractivity (Wildman–Crippen MR) is 48.3 cm³/mol. The third kappa shape index (κ3) is 2.59. The number of methoxy groups -OCH3 is 1. The number of ether oxygens (including phenoxy) is 1. The maximum atomic E-state index is 10.9. The van der Waals surface area contributed by atoms with Gasteiger partial charge in [0.1, 0.15) is 0 Å². The monoisotopic (exact) mass is 187 g/mol. The molecular formula is C9H17NO3. The second-order valence-electron chi connectivity index (χ2n) is 3.72. The quantitative estimate of drug-likeness (QED) is 0.670. The topological polar surface area (TPSA) is 58.6 Å². The summed E-state index contributed by atoms with van der Waals surface area (Å²) < 4.78 is 4.50. The van der Waals surface area contributed by atoms with E-state index in [4.69, 9.17) is 5.11 Å². The van der Waals surface area contributed by atoms with Gasteiger partial charge in [0.05, 0.1) is 7.11 Å². The van der Waals surface area contributed by atoms with Crippen molar-refractivity contribution >= 4 is 6.09 Å². The average Bonchev–Trinajstić information content (AvgIpc) is 2.46. The van der Waals surface area contributed by atoms with E-state index < -0.39 is 0 Å². The fourth-order valence-electron chi connectivity index (χ4n) is 1.93. The van der Waals surface area contributed by atoms with Gasteiger partial charge in [0, 0.05) is 12.6 Å². The number of aliphatic hydroxyl groups excluding tert-OH is 1. The van der Waals surface area contributed by atoms with E-state index >= 15 is 0 Å². The third-order valence-electron chi connectivity index (χ3n) is 2.79. The van der Waals surface area contributed by atoms with Crippen molar-refractivity contribution in [2.24, 2.45) is 11.8 Å². The van der Waals surface area contributed by atoms with Crippen LogP contribution in [0.15, 0.2) is 0 Å². The van der Waals surface area contributed by atoms with Gasteiger partial charge in [-0.3, -0.25) is 0 Å². The molecule has 4 nitrogen and oxygen atoms in total. The number of hydrogen-bond acceptors (Lipinski definition) is 3. The van der Waals surface area contributed by atoms with Crippen LogP contribution < -0.4 is 5.32 Å². The fraction of sp³-hybridized carbons (Fsp3) is 0.889. The summed E-state index contributed by atoms with van der Waals surface area (Å²) in [6.07, 6.45) is 1.41. The Morgan fingerprint density at radius 3 is 2.77 bits per heavy atom. The number of hydrogen-bond donors (Lipinski definition) is 2. The standard InChI is InChI=1S/C9H17NO3/c1-6-3-8(4-7(6)5-11)10-9(12)13-2/h6-8,11H,3-5H2,1-2H3,(H,10,12)/t6-,7+,8+/m0/s1. The molecule has 3 atom stereocenters. The first kappa shape index (κ1) is 10.3. The van der Waals surface area contributed by atoms with Crippen LogP contribution in [0.5, 0.6) is 0 Å². The van der Waals surface area contributed by atoms with Crippen LogP contribution in [-0.2, 0) is 4.74 Å². The molecule has 1 aliphatic rings. The van der Waals surface area contributed by atoms with E-state index in [0.717, 1.165) is 12.8 Å². The smallest absolute Gasteiger partial charge is 0.407 e. The van der Waals surface area contributed by atoms with E-state index in [-0.39, 0.29) is 18.7 Å². The molecule has 4 heteroatoms. The molecule has 1 amide bonds. The summed E-state index contributed by atoms with van der Waals surface area (Å²) in [5, 5.41) is 11.8. The Hall–Kier alpha value is -0.770. The number of rotatable bonds is 2. The summed E-state index contributed by atoms with van der Waals surface area (Å²) in [7, 11) is 1.36.